The molecule has 1 fully saturated rings. The molecular formula is C18H22IN9. The lowest BCUT2D eigenvalue weighted by Crippen LogP contribution is -2.51. The van der Waals surface area contributed by atoms with E-state index in [1.54, 1.807) is 23.4 Å². The highest BCUT2D eigenvalue weighted by molar-refractivity contribution is 14.0. The van der Waals surface area contributed by atoms with E-state index in [1.165, 1.54) is 6.33 Å². The van der Waals surface area contributed by atoms with Crippen LogP contribution >= 0.6 is 24.0 Å². The van der Waals surface area contributed by atoms with Crippen LogP contribution < -0.4 is 10.6 Å². The van der Waals surface area contributed by atoms with Crippen molar-refractivity contribution in [3.05, 3.63) is 60.9 Å². The van der Waals surface area contributed by atoms with Crippen molar-refractivity contribution < 1.29 is 0 Å². The molecule has 0 aliphatic carbocycles. The standard InChI is InChI=1S/C18H21N9.HI/c19-17(25-7-9-26(10-8-25)18-21-5-2-6-22-18)23-12-15-3-1-4-16(11-15)27-14-20-13-24-27;/h1-6,11,13-14H,7-10,12H2,(H2,19,23);1H. The third kappa shape index (κ3) is 4.74. The fourth-order valence-corrected chi connectivity index (χ4v) is 3.00. The Morgan fingerprint density at radius 1 is 1.07 bits per heavy atom. The molecule has 1 saturated heterocycles. The number of nitrogens with zero attached hydrogens (tertiary/aromatic N) is 8. The number of benzene rings is 1. The molecule has 0 atom stereocenters. The molecule has 1 aliphatic heterocycles. The first kappa shape index (κ1) is 20.0. The van der Waals surface area contributed by atoms with Crippen molar-refractivity contribution in [1.29, 1.82) is 0 Å². The van der Waals surface area contributed by atoms with E-state index in [9.17, 15) is 0 Å². The van der Waals surface area contributed by atoms with Crippen LogP contribution in [-0.2, 0) is 6.54 Å². The van der Waals surface area contributed by atoms with Crippen molar-refractivity contribution in [3.8, 4) is 5.69 Å². The van der Waals surface area contributed by atoms with E-state index in [1.807, 2.05) is 30.3 Å². The summed E-state index contributed by atoms with van der Waals surface area (Å²) in [5.41, 5.74) is 8.24. The molecule has 2 aromatic heterocycles. The number of piperazine rings is 1. The Morgan fingerprint density at radius 2 is 1.86 bits per heavy atom. The SMILES string of the molecule is I.NC(=NCc1cccc(-n2cncn2)c1)N1CCN(c2ncccn2)CC1. The smallest absolute Gasteiger partial charge is 0.225 e. The van der Waals surface area contributed by atoms with Gasteiger partial charge in [-0.25, -0.2) is 24.6 Å². The third-order valence-electron chi connectivity index (χ3n) is 4.46. The molecule has 2 N–H and O–H groups in total. The molecule has 10 heteroatoms. The van der Waals surface area contributed by atoms with Crippen molar-refractivity contribution in [3.63, 3.8) is 0 Å². The van der Waals surface area contributed by atoms with Crippen LogP contribution in [0, 0.1) is 0 Å². The first-order valence-corrected chi connectivity index (χ1v) is 8.80. The average Bonchev–Trinajstić information content (AvgIpc) is 3.28. The first-order valence-electron chi connectivity index (χ1n) is 8.80. The summed E-state index contributed by atoms with van der Waals surface area (Å²) in [7, 11) is 0. The molecule has 146 valence electrons. The lowest BCUT2D eigenvalue weighted by atomic mass is 10.2. The lowest BCUT2D eigenvalue weighted by molar-refractivity contribution is 0.378. The summed E-state index contributed by atoms with van der Waals surface area (Å²) in [6.45, 7) is 3.76. The van der Waals surface area contributed by atoms with Gasteiger partial charge in [-0.3, -0.25) is 0 Å². The van der Waals surface area contributed by atoms with Crippen LogP contribution in [0.25, 0.3) is 5.69 Å². The molecule has 4 rings (SSSR count). The molecule has 1 aliphatic rings. The number of anilines is 1. The fourth-order valence-electron chi connectivity index (χ4n) is 3.00. The summed E-state index contributed by atoms with van der Waals surface area (Å²) in [5, 5.41) is 4.15. The van der Waals surface area contributed by atoms with Gasteiger partial charge < -0.3 is 15.5 Å². The highest BCUT2D eigenvalue weighted by Gasteiger charge is 2.19. The fraction of sp³-hybridized carbons (Fsp3) is 0.278. The Kier molecular flexibility index (Phi) is 6.74. The van der Waals surface area contributed by atoms with Crippen molar-refractivity contribution in [2.24, 2.45) is 10.7 Å². The third-order valence-corrected chi connectivity index (χ3v) is 4.46. The van der Waals surface area contributed by atoms with Crippen molar-refractivity contribution in [2.75, 3.05) is 31.1 Å². The van der Waals surface area contributed by atoms with Gasteiger partial charge in [0.25, 0.3) is 0 Å². The lowest BCUT2D eigenvalue weighted by Gasteiger charge is -2.35. The van der Waals surface area contributed by atoms with E-state index >= 15 is 0 Å². The quantitative estimate of drug-likeness (QED) is 0.334. The Labute approximate surface area is 180 Å². The van der Waals surface area contributed by atoms with E-state index in [4.69, 9.17) is 5.73 Å². The zero-order chi connectivity index (χ0) is 18.5. The Morgan fingerprint density at radius 3 is 2.57 bits per heavy atom. The van der Waals surface area contributed by atoms with Crippen LogP contribution in [-0.4, -0.2) is 61.8 Å². The molecule has 9 nitrogen and oxygen atoms in total. The summed E-state index contributed by atoms with van der Waals surface area (Å²) in [5.74, 6) is 1.33. The minimum atomic E-state index is 0. The second-order valence-electron chi connectivity index (χ2n) is 6.21. The Bertz CT molecular complexity index is 890. The normalized spacial score (nSPS) is 14.6. The van der Waals surface area contributed by atoms with E-state index in [0.717, 1.165) is 43.4 Å². The summed E-state index contributed by atoms with van der Waals surface area (Å²) in [6, 6.07) is 9.85. The van der Waals surface area contributed by atoms with Crippen LogP contribution in [0.5, 0.6) is 0 Å². The van der Waals surface area contributed by atoms with Crippen LogP contribution in [0.2, 0.25) is 0 Å². The zero-order valence-electron chi connectivity index (χ0n) is 15.3. The maximum absolute atomic E-state index is 6.21. The Balaban J connectivity index is 0.00000225. The molecule has 0 bridgehead atoms. The van der Waals surface area contributed by atoms with Crippen LogP contribution in [0.15, 0.2) is 60.4 Å². The van der Waals surface area contributed by atoms with Gasteiger partial charge in [0.1, 0.15) is 12.7 Å². The number of hydrogen-bond acceptors (Lipinski definition) is 6. The van der Waals surface area contributed by atoms with Crippen LogP contribution in [0.4, 0.5) is 5.95 Å². The van der Waals surface area contributed by atoms with E-state index in [-0.39, 0.29) is 24.0 Å². The monoisotopic (exact) mass is 491 g/mol. The second-order valence-corrected chi connectivity index (χ2v) is 6.21. The van der Waals surface area contributed by atoms with Crippen LogP contribution in [0.3, 0.4) is 0 Å². The van der Waals surface area contributed by atoms with Gasteiger partial charge in [-0.1, -0.05) is 12.1 Å². The highest BCUT2D eigenvalue weighted by atomic mass is 127. The van der Waals surface area contributed by atoms with E-state index in [2.05, 4.69) is 34.8 Å². The molecule has 0 amide bonds. The number of rotatable bonds is 4. The summed E-state index contributed by atoms with van der Waals surface area (Å²) in [6.07, 6.45) is 6.71. The molecule has 28 heavy (non-hydrogen) atoms. The molecule has 0 radical (unpaired) electrons. The number of guanidine groups is 1. The number of aliphatic imine (C=N–C) groups is 1. The maximum atomic E-state index is 6.21. The predicted octanol–water partition coefficient (Wildman–Crippen LogP) is 1.31. The van der Waals surface area contributed by atoms with Crippen molar-refractivity contribution in [1.82, 2.24) is 29.6 Å². The van der Waals surface area contributed by atoms with Gasteiger partial charge in [-0.05, 0) is 23.8 Å². The van der Waals surface area contributed by atoms with Gasteiger partial charge >= 0.3 is 0 Å². The molecular weight excluding hydrogens is 469 g/mol. The molecule has 3 heterocycles. The molecule has 0 unspecified atom stereocenters. The van der Waals surface area contributed by atoms with Gasteiger partial charge in [0.2, 0.25) is 5.95 Å². The van der Waals surface area contributed by atoms with Gasteiger partial charge in [-0.15, -0.1) is 24.0 Å². The zero-order valence-corrected chi connectivity index (χ0v) is 17.6. The number of hydrogen-bond donors (Lipinski definition) is 1. The average molecular weight is 491 g/mol. The van der Waals surface area contributed by atoms with Crippen molar-refractivity contribution >= 4 is 35.9 Å². The topological polar surface area (TPSA) is 101 Å². The molecule has 3 aromatic rings. The number of halogens is 1. The highest BCUT2D eigenvalue weighted by Crippen LogP contribution is 2.12. The molecule has 0 saturated carbocycles. The van der Waals surface area contributed by atoms with Gasteiger partial charge in [-0.2, -0.15) is 5.10 Å². The largest absolute Gasteiger partial charge is 0.370 e. The van der Waals surface area contributed by atoms with Gasteiger partial charge in [0, 0.05) is 38.6 Å². The number of aromatic nitrogens is 5. The van der Waals surface area contributed by atoms with E-state index < -0.39 is 0 Å². The van der Waals surface area contributed by atoms with E-state index in [0.29, 0.717) is 12.5 Å². The summed E-state index contributed by atoms with van der Waals surface area (Å²) < 4.78 is 1.72. The first-order chi connectivity index (χ1) is 13.3. The molecule has 0 spiro atoms. The van der Waals surface area contributed by atoms with Gasteiger partial charge in [0.05, 0.1) is 12.2 Å². The predicted molar refractivity (Wildman–Crippen MR) is 118 cm³/mol. The van der Waals surface area contributed by atoms with Crippen molar-refractivity contribution in [2.45, 2.75) is 6.54 Å². The summed E-state index contributed by atoms with van der Waals surface area (Å²) >= 11 is 0. The minimum Gasteiger partial charge on any atom is -0.370 e. The maximum Gasteiger partial charge on any atom is 0.225 e. The second kappa shape index (κ2) is 9.44. The summed E-state index contributed by atoms with van der Waals surface area (Å²) in [4.78, 5) is 21.4. The Hall–Kier alpha value is -2.76. The minimum absolute atomic E-state index is 0. The van der Waals surface area contributed by atoms with Gasteiger partial charge in [0.15, 0.2) is 5.96 Å². The van der Waals surface area contributed by atoms with Crippen LogP contribution in [0.1, 0.15) is 5.56 Å². The molecule has 1 aromatic carbocycles. The number of nitrogens with two attached hydrogens (primary N) is 1.